The fourth-order valence-corrected chi connectivity index (χ4v) is 1.63. The van der Waals surface area contributed by atoms with Gasteiger partial charge in [-0.15, -0.1) is 0 Å². The number of hydrogen-bond acceptors (Lipinski definition) is 3. The van der Waals surface area contributed by atoms with Crippen molar-refractivity contribution in [1.29, 1.82) is 5.26 Å². The molecule has 0 unspecified atom stereocenters. The third-order valence-corrected chi connectivity index (χ3v) is 2.63. The number of aryl methyl sites for hydroxylation is 1. The average molecular weight is 233 g/mol. The van der Waals surface area contributed by atoms with Gasteiger partial charge in [0.1, 0.15) is 11.8 Å². The van der Waals surface area contributed by atoms with E-state index in [1.807, 2.05) is 0 Å². The van der Waals surface area contributed by atoms with E-state index in [0.29, 0.717) is 17.1 Å². The summed E-state index contributed by atoms with van der Waals surface area (Å²) in [5, 5.41) is 13.7. The van der Waals surface area contributed by atoms with E-state index in [2.05, 4.69) is 16.2 Å². The Bertz CT molecular complexity index is 553. The molecule has 0 amide bonds. The molecule has 0 aromatic carbocycles. The van der Waals surface area contributed by atoms with E-state index in [4.69, 9.17) is 16.9 Å². The van der Waals surface area contributed by atoms with Crippen LogP contribution in [0.3, 0.4) is 0 Å². The van der Waals surface area contributed by atoms with Crippen LogP contribution in [-0.4, -0.2) is 14.8 Å². The van der Waals surface area contributed by atoms with E-state index in [1.54, 1.807) is 36.3 Å². The summed E-state index contributed by atoms with van der Waals surface area (Å²) >= 11 is 6.02. The first-order valence-electron chi connectivity index (χ1n) is 4.72. The van der Waals surface area contributed by atoms with Crippen molar-refractivity contribution in [3.05, 3.63) is 46.5 Å². The molecule has 80 valence electrons. The van der Waals surface area contributed by atoms with E-state index in [0.717, 1.165) is 11.3 Å². The van der Waals surface area contributed by atoms with Crippen LogP contribution in [0, 0.1) is 11.3 Å². The average Bonchev–Trinajstić information content (AvgIpc) is 2.62. The largest absolute Gasteiger partial charge is 0.264 e. The van der Waals surface area contributed by atoms with Crippen LogP contribution in [0.15, 0.2) is 24.5 Å². The SMILES string of the molecule is Cn1nc(Cc2cnccc2Cl)cc1C#N. The zero-order chi connectivity index (χ0) is 11.5. The fourth-order valence-electron chi connectivity index (χ4n) is 1.45. The number of pyridine rings is 1. The molecule has 0 N–H and O–H groups in total. The zero-order valence-corrected chi connectivity index (χ0v) is 9.44. The van der Waals surface area contributed by atoms with Crippen LogP contribution in [0.25, 0.3) is 0 Å². The third-order valence-electron chi connectivity index (χ3n) is 2.26. The molecule has 0 spiro atoms. The van der Waals surface area contributed by atoms with Gasteiger partial charge in [0.25, 0.3) is 0 Å². The van der Waals surface area contributed by atoms with E-state index >= 15 is 0 Å². The highest BCUT2D eigenvalue weighted by Gasteiger charge is 2.07. The fraction of sp³-hybridized carbons (Fsp3) is 0.182. The smallest absolute Gasteiger partial charge is 0.138 e. The van der Waals surface area contributed by atoms with Crippen LogP contribution < -0.4 is 0 Å². The van der Waals surface area contributed by atoms with E-state index in [1.165, 1.54) is 0 Å². The lowest BCUT2D eigenvalue weighted by Gasteiger charge is -1.99. The van der Waals surface area contributed by atoms with Crippen molar-refractivity contribution in [3.63, 3.8) is 0 Å². The third kappa shape index (κ3) is 2.05. The number of rotatable bonds is 2. The van der Waals surface area contributed by atoms with Crippen molar-refractivity contribution < 1.29 is 0 Å². The number of nitrogens with zero attached hydrogens (tertiary/aromatic N) is 4. The Balaban J connectivity index is 2.28. The van der Waals surface area contributed by atoms with Gasteiger partial charge in [0.2, 0.25) is 0 Å². The molecule has 5 heteroatoms. The molecule has 0 radical (unpaired) electrons. The van der Waals surface area contributed by atoms with Gasteiger partial charge >= 0.3 is 0 Å². The van der Waals surface area contributed by atoms with E-state index < -0.39 is 0 Å². The van der Waals surface area contributed by atoms with Gasteiger partial charge in [0.05, 0.1) is 5.69 Å². The number of halogens is 1. The molecule has 16 heavy (non-hydrogen) atoms. The zero-order valence-electron chi connectivity index (χ0n) is 8.68. The summed E-state index contributed by atoms with van der Waals surface area (Å²) in [6, 6.07) is 5.56. The van der Waals surface area contributed by atoms with E-state index in [-0.39, 0.29) is 0 Å². The first-order valence-corrected chi connectivity index (χ1v) is 5.10. The van der Waals surface area contributed by atoms with Gasteiger partial charge in [-0.25, -0.2) is 0 Å². The lowest BCUT2D eigenvalue weighted by molar-refractivity contribution is 0.739. The molecule has 0 fully saturated rings. The Hall–Kier alpha value is -1.86. The Morgan fingerprint density at radius 3 is 3.00 bits per heavy atom. The van der Waals surface area contributed by atoms with Crippen molar-refractivity contribution in [3.8, 4) is 6.07 Å². The number of hydrogen-bond donors (Lipinski definition) is 0. The lowest BCUT2D eigenvalue weighted by Crippen LogP contribution is -1.95. The van der Waals surface area contributed by atoms with Crippen LogP contribution >= 0.6 is 11.6 Å². The van der Waals surface area contributed by atoms with Crippen LogP contribution in [0.1, 0.15) is 17.0 Å². The van der Waals surface area contributed by atoms with Gasteiger partial charge in [-0.05, 0) is 17.7 Å². The quantitative estimate of drug-likeness (QED) is 0.795. The summed E-state index contributed by atoms with van der Waals surface area (Å²) in [5.74, 6) is 0. The predicted molar refractivity (Wildman–Crippen MR) is 60.0 cm³/mol. The molecule has 0 aliphatic carbocycles. The highest BCUT2D eigenvalue weighted by atomic mass is 35.5. The molecule has 0 bridgehead atoms. The minimum absolute atomic E-state index is 0.537. The lowest BCUT2D eigenvalue weighted by atomic mass is 10.1. The summed E-state index contributed by atoms with van der Waals surface area (Å²) in [6.45, 7) is 0. The van der Waals surface area contributed by atoms with Gasteiger partial charge in [0.15, 0.2) is 0 Å². The topological polar surface area (TPSA) is 54.5 Å². The summed E-state index contributed by atoms with van der Waals surface area (Å²) in [5.41, 5.74) is 2.26. The standard InChI is InChI=1S/C11H9ClN4/c1-16-10(6-13)5-9(15-16)4-8-7-14-3-2-11(8)12/h2-3,5,7H,4H2,1H3. The van der Waals surface area contributed by atoms with Crippen LogP contribution in [-0.2, 0) is 13.5 Å². The molecule has 0 saturated heterocycles. The van der Waals surface area contributed by atoms with Crippen molar-refractivity contribution in [2.75, 3.05) is 0 Å². The second-order valence-electron chi connectivity index (χ2n) is 3.40. The molecule has 2 aromatic rings. The summed E-state index contributed by atoms with van der Waals surface area (Å²) in [6.07, 6.45) is 3.94. The van der Waals surface area contributed by atoms with E-state index in [9.17, 15) is 0 Å². The van der Waals surface area contributed by atoms with Gasteiger partial charge in [-0.2, -0.15) is 10.4 Å². The second kappa shape index (κ2) is 4.33. The highest BCUT2D eigenvalue weighted by Crippen LogP contribution is 2.17. The first-order chi connectivity index (χ1) is 7.70. The second-order valence-corrected chi connectivity index (χ2v) is 3.81. The molecular formula is C11H9ClN4. The predicted octanol–water partition coefficient (Wildman–Crippen LogP) is 1.93. The molecule has 0 aliphatic rings. The monoisotopic (exact) mass is 232 g/mol. The van der Waals surface area contributed by atoms with Crippen molar-refractivity contribution >= 4 is 11.6 Å². The maximum Gasteiger partial charge on any atom is 0.138 e. The Labute approximate surface area is 98.1 Å². The summed E-state index contributed by atoms with van der Waals surface area (Å²) in [7, 11) is 1.74. The molecule has 0 aliphatic heterocycles. The maximum atomic E-state index is 8.80. The Morgan fingerprint density at radius 1 is 1.56 bits per heavy atom. The summed E-state index contributed by atoms with van der Waals surface area (Å²) in [4.78, 5) is 4.01. The van der Waals surface area contributed by atoms with Crippen molar-refractivity contribution in [2.45, 2.75) is 6.42 Å². The van der Waals surface area contributed by atoms with Crippen molar-refractivity contribution in [1.82, 2.24) is 14.8 Å². The first kappa shape index (κ1) is 10.7. The maximum absolute atomic E-state index is 8.80. The molecule has 2 heterocycles. The minimum Gasteiger partial charge on any atom is -0.264 e. The molecule has 4 nitrogen and oxygen atoms in total. The van der Waals surface area contributed by atoms with Crippen molar-refractivity contribution in [2.24, 2.45) is 7.05 Å². The molecule has 0 atom stereocenters. The highest BCUT2D eigenvalue weighted by molar-refractivity contribution is 6.31. The van der Waals surface area contributed by atoms with Crippen LogP contribution in [0.5, 0.6) is 0 Å². The Morgan fingerprint density at radius 2 is 2.38 bits per heavy atom. The van der Waals surface area contributed by atoms with Gasteiger partial charge in [-0.3, -0.25) is 9.67 Å². The molecule has 2 aromatic heterocycles. The molecule has 0 saturated carbocycles. The van der Waals surface area contributed by atoms with Crippen LogP contribution in [0.2, 0.25) is 5.02 Å². The van der Waals surface area contributed by atoms with Gasteiger partial charge in [0, 0.05) is 30.9 Å². The van der Waals surface area contributed by atoms with Gasteiger partial charge in [-0.1, -0.05) is 11.6 Å². The molecular weight excluding hydrogens is 224 g/mol. The van der Waals surface area contributed by atoms with Crippen LogP contribution in [0.4, 0.5) is 0 Å². The van der Waals surface area contributed by atoms with Gasteiger partial charge < -0.3 is 0 Å². The number of aromatic nitrogens is 3. The molecule has 2 rings (SSSR count). The summed E-state index contributed by atoms with van der Waals surface area (Å²) < 4.78 is 1.56. The normalized spacial score (nSPS) is 10.1. The Kier molecular flexibility index (Phi) is 2.88. The number of nitriles is 1. The minimum atomic E-state index is 0.537.